The Hall–Kier alpha value is -2.78. The van der Waals surface area contributed by atoms with Crippen LogP contribution in [0.2, 0.25) is 5.02 Å². The van der Waals surface area contributed by atoms with E-state index in [9.17, 15) is 18.0 Å². The van der Waals surface area contributed by atoms with Gasteiger partial charge >= 0.3 is 0 Å². The van der Waals surface area contributed by atoms with Crippen molar-refractivity contribution >= 4 is 39.1 Å². The molecule has 0 spiro atoms. The van der Waals surface area contributed by atoms with Crippen molar-refractivity contribution in [2.45, 2.75) is 40.3 Å². The van der Waals surface area contributed by atoms with E-state index in [1.807, 2.05) is 19.9 Å². The lowest BCUT2D eigenvalue weighted by Crippen LogP contribution is -2.51. The minimum absolute atomic E-state index is 0.0958. The van der Waals surface area contributed by atoms with Crippen molar-refractivity contribution in [1.82, 2.24) is 10.2 Å². The van der Waals surface area contributed by atoms with Gasteiger partial charge in [-0.2, -0.15) is 0 Å². The summed E-state index contributed by atoms with van der Waals surface area (Å²) < 4.78 is 31.5. The molecule has 0 aliphatic carbocycles. The van der Waals surface area contributed by atoms with Gasteiger partial charge < -0.3 is 15.0 Å². The summed E-state index contributed by atoms with van der Waals surface area (Å²) in [6.07, 6.45) is 1.03. The summed E-state index contributed by atoms with van der Waals surface area (Å²) in [5.41, 5.74) is 1.80. The van der Waals surface area contributed by atoms with Crippen LogP contribution in [0.5, 0.6) is 5.75 Å². The molecule has 0 aromatic heterocycles. The Morgan fingerprint density at radius 3 is 2.37 bits per heavy atom. The van der Waals surface area contributed by atoms with Crippen LogP contribution < -0.4 is 14.4 Å². The van der Waals surface area contributed by atoms with Gasteiger partial charge in [0.15, 0.2) is 0 Å². The van der Waals surface area contributed by atoms with Gasteiger partial charge in [-0.15, -0.1) is 0 Å². The predicted molar refractivity (Wildman–Crippen MR) is 139 cm³/mol. The van der Waals surface area contributed by atoms with E-state index in [-0.39, 0.29) is 24.1 Å². The van der Waals surface area contributed by atoms with Crippen LogP contribution in [0.1, 0.15) is 31.9 Å². The van der Waals surface area contributed by atoms with E-state index in [0.717, 1.165) is 21.7 Å². The highest BCUT2D eigenvalue weighted by molar-refractivity contribution is 7.92. The van der Waals surface area contributed by atoms with Gasteiger partial charge in [0.2, 0.25) is 21.8 Å². The van der Waals surface area contributed by atoms with Crippen LogP contribution in [-0.2, 0) is 26.2 Å². The van der Waals surface area contributed by atoms with E-state index in [2.05, 4.69) is 5.32 Å². The van der Waals surface area contributed by atoms with E-state index in [0.29, 0.717) is 17.3 Å². The number of rotatable bonds is 11. The molecule has 1 unspecified atom stereocenters. The van der Waals surface area contributed by atoms with E-state index in [4.69, 9.17) is 16.3 Å². The molecule has 2 aromatic rings. The number of hydrogen-bond donors (Lipinski definition) is 1. The van der Waals surface area contributed by atoms with Crippen molar-refractivity contribution < 1.29 is 22.7 Å². The zero-order chi connectivity index (χ0) is 26.3. The van der Waals surface area contributed by atoms with Crippen LogP contribution in [0.25, 0.3) is 0 Å². The van der Waals surface area contributed by atoms with Crippen LogP contribution in [0.15, 0.2) is 42.5 Å². The molecule has 2 amide bonds. The Labute approximate surface area is 213 Å². The molecule has 0 saturated carbocycles. The number of sulfonamides is 1. The number of nitrogens with one attached hydrogen (secondary N) is 1. The Morgan fingerprint density at radius 2 is 1.80 bits per heavy atom. The van der Waals surface area contributed by atoms with Crippen molar-refractivity contribution in [2.24, 2.45) is 5.92 Å². The summed E-state index contributed by atoms with van der Waals surface area (Å²) in [6.45, 7) is 7.45. The quantitative estimate of drug-likeness (QED) is 0.485. The molecule has 0 saturated heterocycles. The minimum atomic E-state index is -3.82. The van der Waals surface area contributed by atoms with Crippen molar-refractivity contribution in [1.29, 1.82) is 0 Å². The minimum Gasteiger partial charge on any atom is -0.497 e. The van der Waals surface area contributed by atoms with Gasteiger partial charge in [-0.3, -0.25) is 13.9 Å². The second-order valence-corrected chi connectivity index (χ2v) is 11.2. The highest BCUT2D eigenvalue weighted by atomic mass is 35.5. The lowest BCUT2D eigenvalue weighted by Gasteiger charge is -2.31. The number of amides is 2. The first-order chi connectivity index (χ1) is 16.3. The molecule has 35 heavy (non-hydrogen) atoms. The molecular formula is C25H34ClN3O5S. The van der Waals surface area contributed by atoms with E-state index in [1.54, 1.807) is 51.3 Å². The first kappa shape index (κ1) is 28.5. The third kappa shape index (κ3) is 8.14. The van der Waals surface area contributed by atoms with Gasteiger partial charge in [-0.1, -0.05) is 43.6 Å². The van der Waals surface area contributed by atoms with Crippen LogP contribution in [0.4, 0.5) is 5.69 Å². The second-order valence-electron chi connectivity index (χ2n) is 8.89. The predicted octanol–water partition coefficient (Wildman–Crippen LogP) is 3.61. The van der Waals surface area contributed by atoms with Crippen molar-refractivity contribution in [3.05, 3.63) is 58.6 Å². The summed E-state index contributed by atoms with van der Waals surface area (Å²) in [5, 5.41) is 3.23. The zero-order valence-electron chi connectivity index (χ0n) is 21.0. The summed E-state index contributed by atoms with van der Waals surface area (Å²) in [7, 11) is -2.28. The summed E-state index contributed by atoms with van der Waals surface area (Å²) >= 11 is 6.21. The van der Waals surface area contributed by atoms with Crippen LogP contribution >= 0.6 is 11.6 Å². The SMILES string of the molecule is COc1cccc(CN(C(=O)CN(c2ccc(C)c(Cl)c2)S(C)(=O)=O)C(C)C(=O)NCC(C)C)c1. The fourth-order valence-electron chi connectivity index (χ4n) is 3.35. The normalized spacial score (nSPS) is 12.2. The van der Waals surface area contributed by atoms with Gasteiger partial charge in [0, 0.05) is 18.1 Å². The molecule has 0 bridgehead atoms. The lowest BCUT2D eigenvalue weighted by atomic mass is 10.1. The number of carbonyl (C=O) groups is 2. The monoisotopic (exact) mass is 523 g/mol. The largest absolute Gasteiger partial charge is 0.497 e. The van der Waals surface area contributed by atoms with Crippen LogP contribution in [0.3, 0.4) is 0 Å². The maximum atomic E-state index is 13.5. The summed E-state index contributed by atoms with van der Waals surface area (Å²) in [4.78, 5) is 27.8. The number of benzene rings is 2. The first-order valence-electron chi connectivity index (χ1n) is 11.3. The lowest BCUT2D eigenvalue weighted by molar-refractivity contribution is -0.139. The third-order valence-electron chi connectivity index (χ3n) is 5.46. The number of hydrogen-bond acceptors (Lipinski definition) is 5. The molecule has 2 aromatic carbocycles. The Bertz CT molecular complexity index is 1150. The molecule has 0 fully saturated rings. The number of halogens is 1. The number of aryl methyl sites for hydroxylation is 1. The molecule has 1 atom stereocenters. The molecule has 0 aliphatic rings. The Balaban J connectivity index is 2.40. The maximum Gasteiger partial charge on any atom is 0.244 e. The molecular weight excluding hydrogens is 490 g/mol. The summed E-state index contributed by atoms with van der Waals surface area (Å²) in [6, 6.07) is 11.1. The number of methoxy groups -OCH3 is 1. The number of carbonyl (C=O) groups excluding carboxylic acids is 2. The van der Waals surface area contributed by atoms with Crippen molar-refractivity contribution in [3.8, 4) is 5.75 Å². The molecule has 10 heteroatoms. The fraction of sp³-hybridized carbons (Fsp3) is 0.440. The molecule has 2 rings (SSSR count). The second kappa shape index (κ2) is 12.3. The average molecular weight is 524 g/mol. The maximum absolute atomic E-state index is 13.5. The molecule has 8 nitrogen and oxygen atoms in total. The third-order valence-corrected chi connectivity index (χ3v) is 7.01. The molecule has 0 heterocycles. The average Bonchev–Trinajstić information content (AvgIpc) is 2.80. The van der Waals surface area contributed by atoms with Crippen LogP contribution in [-0.4, -0.2) is 57.6 Å². The van der Waals surface area contributed by atoms with Crippen molar-refractivity contribution in [3.63, 3.8) is 0 Å². The number of nitrogens with zero attached hydrogens (tertiary/aromatic N) is 2. The summed E-state index contributed by atoms with van der Waals surface area (Å²) in [5.74, 6) is 0.000871. The van der Waals surface area contributed by atoms with Gasteiger partial charge in [0.05, 0.1) is 19.1 Å². The zero-order valence-corrected chi connectivity index (χ0v) is 22.6. The molecule has 192 valence electrons. The van der Waals surface area contributed by atoms with Crippen molar-refractivity contribution in [2.75, 3.05) is 30.8 Å². The Morgan fingerprint density at radius 1 is 1.11 bits per heavy atom. The molecule has 1 N–H and O–H groups in total. The van der Waals surface area contributed by atoms with Gasteiger partial charge in [0.1, 0.15) is 18.3 Å². The number of ether oxygens (including phenoxy) is 1. The van der Waals surface area contributed by atoms with E-state index in [1.165, 1.54) is 11.0 Å². The van der Waals surface area contributed by atoms with E-state index >= 15 is 0 Å². The smallest absolute Gasteiger partial charge is 0.244 e. The van der Waals surface area contributed by atoms with Crippen LogP contribution in [0, 0.1) is 12.8 Å². The number of anilines is 1. The van der Waals surface area contributed by atoms with E-state index < -0.39 is 28.5 Å². The Kier molecular flexibility index (Phi) is 9.97. The highest BCUT2D eigenvalue weighted by Gasteiger charge is 2.30. The topological polar surface area (TPSA) is 96.0 Å². The highest BCUT2D eigenvalue weighted by Crippen LogP contribution is 2.25. The first-order valence-corrected chi connectivity index (χ1v) is 13.5. The molecule has 0 aliphatic heterocycles. The standard InChI is InChI=1S/C25H34ClN3O5S/c1-17(2)14-27-25(31)19(4)28(15-20-8-7-9-22(12-20)34-5)24(30)16-29(35(6,32)33)21-11-10-18(3)23(26)13-21/h7-13,17,19H,14-16H2,1-6H3,(H,27,31). The van der Waals surface area contributed by atoms with Gasteiger partial charge in [0.25, 0.3) is 0 Å². The molecule has 0 radical (unpaired) electrons. The van der Waals surface area contributed by atoms with Gasteiger partial charge in [-0.25, -0.2) is 8.42 Å². The van der Waals surface area contributed by atoms with Gasteiger partial charge in [-0.05, 0) is 55.2 Å². The fourth-order valence-corrected chi connectivity index (χ4v) is 4.37.